The number of methoxy groups -OCH3 is 1. The maximum absolute atomic E-state index is 5.99. The van der Waals surface area contributed by atoms with E-state index in [1.54, 1.807) is 13.2 Å². The van der Waals surface area contributed by atoms with Crippen molar-refractivity contribution in [2.75, 3.05) is 7.11 Å². The molecule has 0 aromatic carbocycles. The number of fused-ring (bicyclic) bond motifs is 2. The molecule has 2 bridgehead atoms. The molecule has 0 aliphatic carbocycles. The predicted octanol–water partition coefficient (Wildman–Crippen LogP) is 1.46. The van der Waals surface area contributed by atoms with E-state index in [2.05, 4.69) is 15.3 Å². The van der Waals surface area contributed by atoms with Gasteiger partial charge in [-0.3, -0.25) is 0 Å². The minimum absolute atomic E-state index is 0.266. The van der Waals surface area contributed by atoms with Crippen LogP contribution in [0.15, 0.2) is 6.07 Å². The summed E-state index contributed by atoms with van der Waals surface area (Å²) in [5.74, 6) is 1.88. The van der Waals surface area contributed by atoms with Crippen LogP contribution in [0.5, 0.6) is 11.8 Å². The first-order valence-corrected chi connectivity index (χ1v) is 6.55. The monoisotopic (exact) mass is 249 g/mol. The largest absolute Gasteiger partial charge is 0.481 e. The van der Waals surface area contributed by atoms with Crippen molar-refractivity contribution < 1.29 is 9.47 Å². The summed E-state index contributed by atoms with van der Waals surface area (Å²) >= 11 is 0. The van der Waals surface area contributed by atoms with Crippen LogP contribution in [0.25, 0.3) is 0 Å². The molecule has 0 saturated carbocycles. The van der Waals surface area contributed by atoms with E-state index in [1.165, 1.54) is 12.8 Å². The van der Waals surface area contributed by atoms with Gasteiger partial charge in [0.15, 0.2) is 0 Å². The summed E-state index contributed by atoms with van der Waals surface area (Å²) in [5.41, 5.74) is 0. The molecule has 1 aromatic rings. The van der Waals surface area contributed by atoms with Gasteiger partial charge in [-0.2, -0.15) is 9.97 Å². The Morgan fingerprint density at radius 2 is 1.83 bits per heavy atom. The Balaban J connectivity index is 1.70. The van der Waals surface area contributed by atoms with Crippen LogP contribution in [0.2, 0.25) is 0 Å². The Labute approximate surface area is 107 Å². The van der Waals surface area contributed by atoms with Crippen molar-refractivity contribution in [2.24, 2.45) is 0 Å². The quantitative estimate of drug-likeness (QED) is 0.878. The standard InChI is InChI=1S/C13H19N3O2/c1-8-14-12(17-2)7-13(15-8)18-11-5-9-3-4-10(6-11)16-9/h7,9-11,16H,3-6H2,1-2H3. The number of hydrogen-bond donors (Lipinski definition) is 1. The van der Waals surface area contributed by atoms with Gasteiger partial charge in [-0.15, -0.1) is 0 Å². The highest BCUT2D eigenvalue weighted by Gasteiger charge is 2.34. The fraction of sp³-hybridized carbons (Fsp3) is 0.692. The van der Waals surface area contributed by atoms with Gasteiger partial charge in [-0.25, -0.2) is 0 Å². The fourth-order valence-corrected chi connectivity index (χ4v) is 2.95. The third-order valence-corrected chi connectivity index (χ3v) is 3.72. The van der Waals surface area contributed by atoms with Crippen LogP contribution in [-0.2, 0) is 0 Å². The minimum Gasteiger partial charge on any atom is -0.481 e. The number of nitrogens with one attached hydrogen (secondary N) is 1. The van der Waals surface area contributed by atoms with Crippen LogP contribution < -0.4 is 14.8 Å². The van der Waals surface area contributed by atoms with Crippen LogP contribution in [0.4, 0.5) is 0 Å². The van der Waals surface area contributed by atoms with Crippen molar-refractivity contribution in [3.63, 3.8) is 0 Å². The van der Waals surface area contributed by atoms with E-state index in [0.717, 1.165) is 12.8 Å². The number of aryl methyl sites for hydroxylation is 1. The van der Waals surface area contributed by atoms with Gasteiger partial charge in [0.05, 0.1) is 13.2 Å². The van der Waals surface area contributed by atoms with E-state index in [1.807, 2.05) is 6.92 Å². The number of nitrogens with zero attached hydrogens (tertiary/aromatic N) is 2. The van der Waals surface area contributed by atoms with Crippen molar-refractivity contribution >= 4 is 0 Å². The van der Waals surface area contributed by atoms with E-state index in [-0.39, 0.29) is 6.10 Å². The SMILES string of the molecule is COc1cc(OC2CC3CCC(C2)N3)nc(C)n1. The van der Waals surface area contributed by atoms with Gasteiger partial charge in [0, 0.05) is 12.1 Å². The zero-order valence-corrected chi connectivity index (χ0v) is 10.8. The summed E-state index contributed by atoms with van der Waals surface area (Å²) in [7, 11) is 1.61. The van der Waals surface area contributed by atoms with Crippen LogP contribution >= 0.6 is 0 Å². The van der Waals surface area contributed by atoms with Crippen molar-refractivity contribution in [1.29, 1.82) is 0 Å². The average molecular weight is 249 g/mol. The first-order valence-electron chi connectivity index (χ1n) is 6.55. The second kappa shape index (κ2) is 4.72. The third kappa shape index (κ3) is 2.41. The molecule has 2 aliphatic rings. The third-order valence-electron chi connectivity index (χ3n) is 3.72. The molecule has 0 amide bonds. The average Bonchev–Trinajstić information content (AvgIpc) is 2.68. The maximum atomic E-state index is 5.99. The molecule has 2 fully saturated rings. The normalized spacial score (nSPS) is 30.2. The first kappa shape index (κ1) is 11.7. The van der Waals surface area contributed by atoms with Crippen LogP contribution in [0.3, 0.4) is 0 Å². The Morgan fingerprint density at radius 3 is 2.50 bits per heavy atom. The van der Waals surface area contributed by atoms with E-state index in [4.69, 9.17) is 9.47 Å². The summed E-state index contributed by atoms with van der Waals surface area (Å²) in [4.78, 5) is 8.47. The highest BCUT2D eigenvalue weighted by atomic mass is 16.5. The van der Waals surface area contributed by atoms with Crippen molar-refractivity contribution in [3.05, 3.63) is 11.9 Å². The van der Waals surface area contributed by atoms with Gasteiger partial charge in [0.1, 0.15) is 11.9 Å². The molecule has 3 rings (SSSR count). The molecule has 5 nitrogen and oxygen atoms in total. The summed E-state index contributed by atoms with van der Waals surface area (Å²) in [6.45, 7) is 1.85. The van der Waals surface area contributed by atoms with E-state index in [9.17, 15) is 0 Å². The Kier molecular flexibility index (Phi) is 3.07. The molecule has 5 heteroatoms. The summed E-state index contributed by atoms with van der Waals surface area (Å²) in [6, 6.07) is 3.01. The zero-order chi connectivity index (χ0) is 12.5. The lowest BCUT2D eigenvalue weighted by Crippen LogP contribution is -2.42. The molecule has 0 spiro atoms. The number of ether oxygens (including phenoxy) is 2. The molecule has 1 aromatic heterocycles. The van der Waals surface area contributed by atoms with Gasteiger partial charge in [0.2, 0.25) is 11.8 Å². The molecule has 2 aliphatic heterocycles. The molecular weight excluding hydrogens is 230 g/mol. The lowest BCUT2D eigenvalue weighted by molar-refractivity contribution is 0.131. The van der Waals surface area contributed by atoms with Gasteiger partial charge >= 0.3 is 0 Å². The molecule has 98 valence electrons. The van der Waals surface area contributed by atoms with Gasteiger partial charge in [-0.1, -0.05) is 0 Å². The molecule has 2 atom stereocenters. The lowest BCUT2D eigenvalue weighted by atomic mass is 10.0. The number of hydrogen-bond acceptors (Lipinski definition) is 5. The van der Waals surface area contributed by atoms with Crippen molar-refractivity contribution in [3.8, 4) is 11.8 Å². The molecule has 2 saturated heterocycles. The molecule has 0 radical (unpaired) electrons. The molecule has 18 heavy (non-hydrogen) atoms. The van der Waals surface area contributed by atoms with E-state index >= 15 is 0 Å². The van der Waals surface area contributed by atoms with Gasteiger partial charge in [-0.05, 0) is 32.6 Å². The summed E-state index contributed by atoms with van der Waals surface area (Å²) in [5, 5.41) is 3.60. The summed E-state index contributed by atoms with van der Waals surface area (Å²) in [6.07, 6.45) is 4.96. The Hall–Kier alpha value is -1.36. The Morgan fingerprint density at radius 1 is 1.17 bits per heavy atom. The molecule has 1 N–H and O–H groups in total. The van der Waals surface area contributed by atoms with Crippen molar-refractivity contribution in [1.82, 2.24) is 15.3 Å². The smallest absolute Gasteiger partial charge is 0.220 e. The van der Waals surface area contributed by atoms with Crippen molar-refractivity contribution in [2.45, 2.75) is 50.8 Å². The fourth-order valence-electron chi connectivity index (χ4n) is 2.95. The van der Waals surface area contributed by atoms with Crippen LogP contribution in [0.1, 0.15) is 31.5 Å². The lowest BCUT2D eigenvalue weighted by Gasteiger charge is -2.29. The first-order chi connectivity index (χ1) is 8.72. The second-order valence-electron chi connectivity index (χ2n) is 5.14. The Bertz CT molecular complexity index is 426. The molecule has 3 heterocycles. The van der Waals surface area contributed by atoms with E-state index < -0.39 is 0 Å². The van der Waals surface area contributed by atoms with E-state index in [0.29, 0.717) is 29.7 Å². The van der Waals surface area contributed by atoms with Crippen LogP contribution in [-0.4, -0.2) is 35.3 Å². The molecule has 2 unspecified atom stereocenters. The highest BCUT2D eigenvalue weighted by molar-refractivity contribution is 5.21. The molecular formula is C13H19N3O2. The van der Waals surface area contributed by atoms with Gasteiger partial charge < -0.3 is 14.8 Å². The van der Waals surface area contributed by atoms with Crippen LogP contribution in [0, 0.1) is 6.92 Å². The number of aromatic nitrogens is 2. The number of rotatable bonds is 3. The highest BCUT2D eigenvalue weighted by Crippen LogP contribution is 2.29. The minimum atomic E-state index is 0.266. The maximum Gasteiger partial charge on any atom is 0.220 e. The number of piperidine rings is 1. The summed E-state index contributed by atoms with van der Waals surface area (Å²) < 4.78 is 11.1. The van der Waals surface area contributed by atoms with Gasteiger partial charge in [0.25, 0.3) is 0 Å². The predicted molar refractivity (Wildman–Crippen MR) is 66.9 cm³/mol. The second-order valence-corrected chi connectivity index (χ2v) is 5.14. The zero-order valence-electron chi connectivity index (χ0n) is 10.8. The topological polar surface area (TPSA) is 56.3 Å².